The van der Waals surface area contributed by atoms with Crippen molar-refractivity contribution in [2.45, 2.75) is 5.75 Å². The van der Waals surface area contributed by atoms with E-state index in [9.17, 15) is 4.79 Å². The van der Waals surface area contributed by atoms with E-state index in [4.69, 9.17) is 11.6 Å². The van der Waals surface area contributed by atoms with E-state index in [1.54, 1.807) is 16.7 Å². The van der Waals surface area contributed by atoms with Gasteiger partial charge in [0.1, 0.15) is 0 Å². The molecule has 0 saturated carbocycles. The lowest BCUT2D eigenvalue weighted by atomic mass is 10.2. The summed E-state index contributed by atoms with van der Waals surface area (Å²) in [6.45, 7) is 1.29. The predicted molar refractivity (Wildman–Crippen MR) is 100 cm³/mol. The first-order valence-electron chi connectivity index (χ1n) is 7.12. The maximum absolute atomic E-state index is 12.7. The predicted octanol–water partition coefficient (Wildman–Crippen LogP) is 4.85. The van der Waals surface area contributed by atoms with Crippen molar-refractivity contribution in [1.82, 2.24) is 4.90 Å². The monoisotopic (exact) mass is 408 g/mol. The third-order valence-electron chi connectivity index (χ3n) is 3.40. The van der Waals surface area contributed by atoms with Gasteiger partial charge in [-0.3, -0.25) is 14.7 Å². The van der Waals surface area contributed by atoms with E-state index in [2.05, 4.69) is 20.9 Å². The van der Waals surface area contributed by atoms with E-state index < -0.39 is 0 Å². The van der Waals surface area contributed by atoms with Gasteiger partial charge < -0.3 is 0 Å². The first-order valence-corrected chi connectivity index (χ1v) is 9.28. The number of rotatable bonds is 3. The normalized spacial score (nSPS) is 14.0. The molecule has 0 N–H and O–H groups in total. The maximum Gasteiger partial charge on any atom is 0.259 e. The zero-order valence-electron chi connectivity index (χ0n) is 12.2. The molecule has 0 aromatic heterocycles. The topological polar surface area (TPSA) is 32.7 Å². The number of carbonyl (C=O) groups excluding carboxylic acids is 1. The van der Waals surface area contributed by atoms with Gasteiger partial charge in [-0.05, 0) is 35.9 Å². The first kappa shape index (κ1) is 16.6. The minimum atomic E-state index is -0.00819. The van der Waals surface area contributed by atoms with Crippen LogP contribution in [-0.2, 0) is 5.75 Å². The van der Waals surface area contributed by atoms with Crippen LogP contribution in [0.5, 0.6) is 0 Å². The fraction of sp³-hybridized carbons (Fsp3) is 0.176. The Morgan fingerprint density at radius 3 is 2.78 bits per heavy atom. The summed E-state index contributed by atoms with van der Waals surface area (Å²) in [6, 6.07) is 15.2. The summed E-state index contributed by atoms with van der Waals surface area (Å²) in [5.41, 5.74) is 1.82. The van der Waals surface area contributed by atoms with Crippen molar-refractivity contribution in [3.63, 3.8) is 0 Å². The van der Waals surface area contributed by atoms with Crippen LogP contribution in [0.15, 0.2) is 58.0 Å². The van der Waals surface area contributed by atoms with Crippen LogP contribution in [0.1, 0.15) is 15.9 Å². The lowest BCUT2D eigenvalue weighted by Gasteiger charge is -2.18. The van der Waals surface area contributed by atoms with Crippen LogP contribution in [0.3, 0.4) is 0 Å². The van der Waals surface area contributed by atoms with Crippen LogP contribution in [0, 0.1) is 0 Å². The molecular weight excluding hydrogens is 396 g/mol. The lowest BCUT2D eigenvalue weighted by Crippen LogP contribution is -2.32. The quantitative estimate of drug-likeness (QED) is 0.726. The minimum Gasteiger partial charge on any atom is -0.286 e. The Morgan fingerprint density at radius 1 is 1.26 bits per heavy atom. The smallest absolute Gasteiger partial charge is 0.259 e. The summed E-state index contributed by atoms with van der Waals surface area (Å²) < 4.78 is 0.898. The Hall–Kier alpha value is -1.30. The van der Waals surface area contributed by atoms with E-state index in [1.165, 1.54) is 0 Å². The highest BCUT2D eigenvalue weighted by Crippen LogP contribution is 2.23. The van der Waals surface area contributed by atoms with E-state index >= 15 is 0 Å². The number of halogens is 2. The highest BCUT2D eigenvalue weighted by Gasteiger charge is 2.25. The minimum absolute atomic E-state index is 0.00819. The number of hydrogen-bond donors (Lipinski definition) is 0. The summed E-state index contributed by atoms with van der Waals surface area (Å²) >= 11 is 10.9. The van der Waals surface area contributed by atoms with Crippen molar-refractivity contribution >= 4 is 50.4 Å². The highest BCUT2D eigenvalue weighted by molar-refractivity contribution is 9.10. The number of carbonyl (C=O) groups is 1. The summed E-state index contributed by atoms with van der Waals surface area (Å²) in [7, 11) is 0. The van der Waals surface area contributed by atoms with Gasteiger partial charge in [0.15, 0.2) is 5.17 Å². The lowest BCUT2D eigenvalue weighted by molar-refractivity contribution is 0.0860. The zero-order chi connectivity index (χ0) is 16.2. The summed E-state index contributed by atoms with van der Waals surface area (Å²) in [5, 5.41) is 1.51. The fourth-order valence-electron chi connectivity index (χ4n) is 2.24. The van der Waals surface area contributed by atoms with E-state index in [0.29, 0.717) is 18.7 Å². The standard InChI is InChI=1S/C17H14BrClN2OS/c18-14-3-1-2-13(10-14)16(22)21-9-8-20-17(21)23-11-12-4-6-15(19)7-5-12/h1-7,10H,8-9,11H2. The van der Waals surface area contributed by atoms with Gasteiger partial charge in [-0.1, -0.05) is 57.5 Å². The zero-order valence-corrected chi connectivity index (χ0v) is 15.4. The van der Waals surface area contributed by atoms with Gasteiger partial charge in [-0.2, -0.15) is 0 Å². The molecule has 6 heteroatoms. The third-order valence-corrected chi connectivity index (χ3v) is 5.23. The van der Waals surface area contributed by atoms with Crippen molar-refractivity contribution in [2.75, 3.05) is 13.1 Å². The number of aliphatic imine (C=N–C) groups is 1. The first-order chi connectivity index (χ1) is 11.1. The van der Waals surface area contributed by atoms with Gasteiger partial charge in [-0.25, -0.2) is 0 Å². The molecule has 2 aromatic rings. The molecule has 0 unspecified atom stereocenters. The highest BCUT2D eigenvalue weighted by atomic mass is 79.9. The Kier molecular flexibility index (Phi) is 5.41. The molecule has 0 fully saturated rings. The van der Waals surface area contributed by atoms with Gasteiger partial charge in [0.25, 0.3) is 5.91 Å². The summed E-state index contributed by atoms with van der Waals surface area (Å²) in [4.78, 5) is 18.9. The van der Waals surface area contributed by atoms with Crippen molar-refractivity contribution in [2.24, 2.45) is 4.99 Å². The molecule has 2 aromatic carbocycles. The molecule has 3 rings (SSSR count). The number of benzene rings is 2. The van der Waals surface area contributed by atoms with Crippen molar-refractivity contribution in [1.29, 1.82) is 0 Å². The number of hydrogen-bond acceptors (Lipinski definition) is 3. The molecule has 3 nitrogen and oxygen atoms in total. The average Bonchev–Trinajstić information content (AvgIpc) is 3.02. The number of nitrogens with zero attached hydrogens (tertiary/aromatic N) is 2. The molecule has 118 valence electrons. The van der Waals surface area contributed by atoms with Crippen LogP contribution in [0.2, 0.25) is 5.02 Å². The van der Waals surface area contributed by atoms with Crippen LogP contribution < -0.4 is 0 Å². The summed E-state index contributed by atoms with van der Waals surface area (Å²) in [5.74, 6) is 0.754. The van der Waals surface area contributed by atoms with E-state index in [0.717, 1.165) is 26.0 Å². The van der Waals surface area contributed by atoms with Crippen molar-refractivity contribution < 1.29 is 4.79 Å². The second kappa shape index (κ2) is 7.51. The molecule has 0 atom stereocenters. The van der Waals surface area contributed by atoms with Gasteiger partial charge in [0.05, 0.1) is 6.54 Å². The van der Waals surface area contributed by atoms with Crippen LogP contribution in [-0.4, -0.2) is 29.1 Å². The van der Waals surface area contributed by atoms with Gasteiger partial charge in [0, 0.05) is 27.4 Å². The van der Waals surface area contributed by atoms with Crippen molar-refractivity contribution in [3.8, 4) is 0 Å². The van der Waals surface area contributed by atoms with E-state index in [-0.39, 0.29) is 5.91 Å². The largest absolute Gasteiger partial charge is 0.286 e. The van der Waals surface area contributed by atoms with Crippen LogP contribution in [0.4, 0.5) is 0 Å². The van der Waals surface area contributed by atoms with Crippen LogP contribution in [0.25, 0.3) is 0 Å². The third kappa shape index (κ3) is 4.16. The molecule has 1 heterocycles. The molecule has 0 bridgehead atoms. The SMILES string of the molecule is O=C(c1cccc(Br)c1)N1CCN=C1SCc1ccc(Cl)cc1. The Bertz CT molecular complexity index is 749. The van der Waals surface area contributed by atoms with Gasteiger partial charge in [0.2, 0.25) is 0 Å². The molecule has 0 radical (unpaired) electrons. The maximum atomic E-state index is 12.7. The molecule has 23 heavy (non-hydrogen) atoms. The van der Waals surface area contributed by atoms with Gasteiger partial charge >= 0.3 is 0 Å². The Balaban J connectivity index is 1.67. The molecule has 0 aliphatic carbocycles. The molecule has 1 aliphatic rings. The Labute approximate surface area is 152 Å². The second-order valence-electron chi connectivity index (χ2n) is 5.05. The van der Waals surface area contributed by atoms with Crippen molar-refractivity contribution in [3.05, 3.63) is 69.2 Å². The molecule has 1 aliphatic heterocycles. The Morgan fingerprint density at radius 2 is 2.04 bits per heavy atom. The molecule has 1 amide bonds. The molecule has 0 spiro atoms. The number of amidine groups is 1. The molecule has 0 saturated heterocycles. The van der Waals surface area contributed by atoms with E-state index in [1.807, 2.05) is 48.5 Å². The molecular formula is C17H14BrClN2OS. The second-order valence-corrected chi connectivity index (χ2v) is 7.34. The number of amides is 1. The summed E-state index contributed by atoms with van der Waals surface area (Å²) in [6.07, 6.45) is 0. The number of thioether (sulfide) groups is 1. The van der Waals surface area contributed by atoms with Crippen LogP contribution >= 0.6 is 39.3 Å². The fourth-order valence-corrected chi connectivity index (χ4v) is 3.77. The van der Waals surface area contributed by atoms with Gasteiger partial charge in [-0.15, -0.1) is 0 Å². The average molecular weight is 410 g/mol.